The van der Waals surface area contributed by atoms with E-state index in [1.165, 1.54) is 27.7 Å². The minimum absolute atomic E-state index is 0.117. The van der Waals surface area contributed by atoms with E-state index < -0.39 is 53.3 Å². The smallest absolute Gasteiger partial charge is 0.342 e. The number of aliphatic hydroxyl groups is 3. The lowest BCUT2D eigenvalue weighted by atomic mass is 9.84. The van der Waals surface area contributed by atoms with Gasteiger partial charge in [0.2, 0.25) is 5.60 Å². The number of rotatable bonds is 2. The molecule has 3 aliphatic heterocycles. The molecule has 10 heteroatoms. The number of nitrogens with zero attached hydrogens (tertiary/aromatic N) is 1. The Bertz CT molecular complexity index is 781. The quantitative estimate of drug-likeness (QED) is 0.286. The van der Waals surface area contributed by atoms with Crippen LogP contribution in [-0.4, -0.2) is 93.4 Å². The Hall–Kier alpha value is -2.01. The Morgan fingerprint density at radius 1 is 1.19 bits per heavy atom. The second kappa shape index (κ2) is 8.50. The average Bonchev–Trinajstić information content (AvgIpc) is 3.32. The van der Waals surface area contributed by atoms with E-state index in [2.05, 4.69) is 0 Å². The fraction of sp³-hybridized carbons (Fsp3) is 0.762. The number of carbonyl (C=O) groups excluding carboxylic acids is 3. The summed E-state index contributed by atoms with van der Waals surface area (Å²) < 4.78 is 16.0. The lowest BCUT2D eigenvalue weighted by Crippen LogP contribution is -2.60. The molecule has 3 N–H and O–H groups in total. The largest absolute Gasteiger partial charge is 0.459 e. The summed E-state index contributed by atoms with van der Waals surface area (Å²) in [7, 11) is 0. The van der Waals surface area contributed by atoms with Crippen LogP contribution in [0.3, 0.4) is 0 Å². The van der Waals surface area contributed by atoms with Gasteiger partial charge in [0.25, 0.3) is 0 Å². The molecule has 3 heterocycles. The van der Waals surface area contributed by atoms with Crippen molar-refractivity contribution in [3.8, 4) is 0 Å². The Labute approximate surface area is 180 Å². The van der Waals surface area contributed by atoms with Gasteiger partial charge in [0.1, 0.15) is 18.8 Å². The van der Waals surface area contributed by atoms with Crippen molar-refractivity contribution < 1.29 is 43.9 Å². The third-order valence-electron chi connectivity index (χ3n) is 6.75. The highest BCUT2D eigenvalue weighted by molar-refractivity contribution is 5.90. The van der Waals surface area contributed by atoms with Crippen molar-refractivity contribution in [3.63, 3.8) is 0 Å². The van der Waals surface area contributed by atoms with E-state index in [-0.39, 0.29) is 19.1 Å². The van der Waals surface area contributed by atoms with Crippen LogP contribution in [0.25, 0.3) is 0 Å². The first kappa shape index (κ1) is 23.6. The van der Waals surface area contributed by atoms with Gasteiger partial charge in [-0.1, -0.05) is 26.8 Å². The molecule has 2 saturated heterocycles. The summed E-state index contributed by atoms with van der Waals surface area (Å²) in [5.41, 5.74) is -4.01. The first-order valence-corrected chi connectivity index (χ1v) is 10.6. The summed E-state index contributed by atoms with van der Waals surface area (Å²) in [6, 6.07) is -0.354. The number of hydrogen-bond acceptors (Lipinski definition) is 10. The molecule has 0 spiro atoms. The summed E-state index contributed by atoms with van der Waals surface area (Å²) in [6.45, 7) is 6.82. The predicted molar refractivity (Wildman–Crippen MR) is 105 cm³/mol. The highest BCUT2D eigenvalue weighted by Gasteiger charge is 2.55. The van der Waals surface area contributed by atoms with Crippen LogP contribution >= 0.6 is 0 Å². The fourth-order valence-corrected chi connectivity index (χ4v) is 4.41. The van der Waals surface area contributed by atoms with Gasteiger partial charge in [0, 0.05) is 13.1 Å². The fourth-order valence-electron chi connectivity index (χ4n) is 4.41. The van der Waals surface area contributed by atoms with E-state index >= 15 is 0 Å². The van der Waals surface area contributed by atoms with Crippen molar-refractivity contribution in [2.45, 2.75) is 76.1 Å². The number of aliphatic hydroxyl groups excluding tert-OH is 1. The Balaban J connectivity index is 2.01. The van der Waals surface area contributed by atoms with Crippen LogP contribution in [0.2, 0.25) is 0 Å². The van der Waals surface area contributed by atoms with Gasteiger partial charge < -0.3 is 29.5 Å². The summed E-state index contributed by atoms with van der Waals surface area (Å²) in [5.74, 6) is -4.34. The normalized spacial score (nSPS) is 40.0. The molecule has 0 aromatic heterocycles. The maximum Gasteiger partial charge on any atom is 0.342 e. The zero-order valence-electron chi connectivity index (χ0n) is 18.2. The first-order chi connectivity index (χ1) is 14.5. The maximum absolute atomic E-state index is 13.0. The number of ether oxygens (including phenoxy) is 3. The van der Waals surface area contributed by atoms with Gasteiger partial charge in [-0.05, 0) is 31.3 Å². The topological polar surface area (TPSA) is 143 Å². The van der Waals surface area contributed by atoms with Gasteiger partial charge in [0.15, 0.2) is 11.7 Å². The lowest BCUT2D eigenvalue weighted by molar-refractivity contribution is -0.211. The van der Waals surface area contributed by atoms with E-state index in [4.69, 9.17) is 14.2 Å². The van der Waals surface area contributed by atoms with E-state index in [0.29, 0.717) is 19.5 Å². The van der Waals surface area contributed by atoms with Crippen LogP contribution in [0.5, 0.6) is 0 Å². The summed E-state index contributed by atoms with van der Waals surface area (Å²) in [6.07, 6.45) is -2.10. The van der Waals surface area contributed by atoms with Crippen molar-refractivity contribution >= 4 is 17.9 Å². The molecular formula is C21H31NO9. The molecule has 6 atom stereocenters. The molecule has 31 heavy (non-hydrogen) atoms. The molecule has 10 nitrogen and oxygen atoms in total. The minimum atomic E-state index is -2.57. The molecule has 0 radical (unpaired) electrons. The molecule has 0 aliphatic carbocycles. The molecular weight excluding hydrogens is 410 g/mol. The summed E-state index contributed by atoms with van der Waals surface area (Å²) >= 11 is 0. The number of esters is 3. The molecule has 2 fully saturated rings. The van der Waals surface area contributed by atoms with Gasteiger partial charge in [-0.2, -0.15) is 0 Å². The molecule has 0 saturated carbocycles. The molecule has 0 amide bonds. The third-order valence-corrected chi connectivity index (χ3v) is 6.75. The second-order valence-corrected chi connectivity index (χ2v) is 8.77. The molecule has 6 unspecified atom stereocenters. The van der Waals surface area contributed by atoms with Crippen LogP contribution in [-0.2, 0) is 28.6 Å². The summed E-state index contributed by atoms with van der Waals surface area (Å²) in [5, 5.41) is 32.5. The van der Waals surface area contributed by atoms with Crippen molar-refractivity contribution in [2.24, 2.45) is 5.92 Å². The highest BCUT2D eigenvalue weighted by atomic mass is 16.6. The van der Waals surface area contributed by atoms with Crippen LogP contribution in [0.4, 0.5) is 0 Å². The molecule has 3 rings (SSSR count). The molecule has 174 valence electrons. The SMILES string of the molecule is CCC1(O)C(=O)OCC2=CCN3CCC(OC(=O)C(O)(C(C)C)C(O)C(=O)OC1C)C23. The van der Waals surface area contributed by atoms with Gasteiger partial charge in [0.05, 0.1) is 6.04 Å². The van der Waals surface area contributed by atoms with Crippen molar-refractivity contribution in [3.05, 3.63) is 11.6 Å². The van der Waals surface area contributed by atoms with E-state index in [0.717, 1.165) is 5.57 Å². The second-order valence-electron chi connectivity index (χ2n) is 8.77. The lowest BCUT2D eigenvalue weighted by Gasteiger charge is -2.37. The monoisotopic (exact) mass is 441 g/mol. The number of hydrogen-bond donors (Lipinski definition) is 3. The number of carbonyl (C=O) groups is 3. The molecule has 0 bridgehead atoms. The average molecular weight is 441 g/mol. The van der Waals surface area contributed by atoms with E-state index in [9.17, 15) is 29.7 Å². The predicted octanol–water partition coefficient (Wildman–Crippen LogP) is -0.710. The van der Waals surface area contributed by atoms with Crippen LogP contribution in [0.15, 0.2) is 11.6 Å². The van der Waals surface area contributed by atoms with E-state index in [1.54, 1.807) is 0 Å². The molecule has 0 aromatic carbocycles. The Morgan fingerprint density at radius 3 is 2.48 bits per heavy atom. The Morgan fingerprint density at radius 2 is 1.87 bits per heavy atom. The Kier molecular flexibility index (Phi) is 6.48. The highest BCUT2D eigenvalue weighted by Crippen LogP contribution is 2.35. The zero-order valence-corrected chi connectivity index (χ0v) is 18.2. The maximum atomic E-state index is 13.0. The zero-order chi connectivity index (χ0) is 23.1. The van der Waals surface area contributed by atoms with Crippen molar-refractivity contribution in [1.82, 2.24) is 4.90 Å². The third kappa shape index (κ3) is 3.86. The molecule has 3 aliphatic rings. The van der Waals surface area contributed by atoms with Gasteiger partial charge >= 0.3 is 17.9 Å². The van der Waals surface area contributed by atoms with Crippen LogP contribution < -0.4 is 0 Å². The van der Waals surface area contributed by atoms with Crippen molar-refractivity contribution in [2.75, 3.05) is 19.7 Å². The minimum Gasteiger partial charge on any atom is -0.459 e. The van der Waals surface area contributed by atoms with Gasteiger partial charge in [-0.15, -0.1) is 0 Å². The molecule has 0 aromatic rings. The van der Waals surface area contributed by atoms with Crippen LogP contribution in [0, 0.1) is 5.92 Å². The summed E-state index contributed by atoms with van der Waals surface area (Å²) in [4.78, 5) is 40.3. The van der Waals surface area contributed by atoms with Gasteiger partial charge in [-0.3, -0.25) is 4.90 Å². The van der Waals surface area contributed by atoms with Crippen molar-refractivity contribution in [1.29, 1.82) is 0 Å². The van der Waals surface area contributed by atoms with Gasteiger partial charge in [-0.25, -0.2) is 14.4 Å². The number of cyclic esters (lactones) is 2. The first-order valence-electron chi connectivity index (χ1n) is 10.6. The van der Waals surface area contributed by atoms with Crippen LogP contribution in [0.1, 0.15) is 40.5 Å². The standard InChI is InChI=1S/C21H31NO9/c1-5-20(27)12(4)30-17(24)16(23)21(28,11(2)3)19(26)31-14-7-9-22-8-6-13(15(14)22)10-29-18(20)25/h6,11-12,14-16,23,27-28H,5,7-10H2,1-4H3. The van der Waals surface area contributed by atoms with E-state index in [1.807, 2.05) is 11.0 Å².